The van der Waals surface area contributed by atoms with Crippen LogP contribution in [0.15, 0.2) is 42.5 Å². The Kier molecular flexibility index (Phi) is 4.12. The Labute approximate surface area is 124 Å². The highest BCUT2D eigenvalue weighted by Gasteiger charge is 2.22. The monoisotopic (exact) mass is 286 g/mol. The Hall–Kier alpha value is -2.16. The van der Waals surface area contributed by atoms with Gasteiger partial charge in [-0.3, -0.25) is 4.79 Å². The number of ether oxygens (including phenoxy) is 1. The Morgan fingerprint density at radius 2 is 1.76 bits per heavy atom. The zero-order chi connectivity index (χ0) is 15.6. The molecule has 0 atom stereocenters. The molecule has 2 rings (SSSR count). The van der Waals surface area contributed by atoms with E-state index in [9.17, 15) is 9.18 Å². The van der Waals surface area contributed by atoms with Crippen molar-refractivity contribution in [1.29, 1.82) is 0 Å². The molecule has 2 aromatic rings. The van der Waals surface area contributed by atoms with Crippen molar-refractivity contribution in [2.75, 3.05) is 7.11 Å². The van der Waals surface area contributed by atoms with Gasteiger partial charge in [-0.25, -0.2) is 4.39 Å². The van der Waals surface area contributed by atoms with Crippen LogP contribution in [-0.4, -0.2) is 12.9 Å². The number of carbonyl (C=O) groups is 1. The fourth-order valence-electron chi connectivity index (χ4n) is 2.30. The minimum absolute atomic E-state index is 0.135. The average Bonchev–Trinajstić information content (AvgIpc) is 2.45. The predicted octanol–water partition coefficient (Wildman–Crippen LogP) is 4.36. The fourth-order valence-corrected chi connectivity index (χ4v) is 2.30. The first kappa shape index (κ1) is 15.2. The molecule has 0 aromatic heterocycles. The second-order valence-corrected chi connectivity index (χ2v) is 5.97. The molecule has 0 aliphatic carbocycles. The number of halogens is 1. The van der Waals surface area contributed by atoms with Crippen LogP contribution >= 0.6 is 0 Å². The van der Waals surface area contributed by atoms with Crippen molar-refractivity contribution < 1.29 is 13.9 Å². The summed E-state index contributed by atoms with van der Waals surface area (Å²) in [6.45, 7) is 6.15. The summed E-state index contributed by atoms with van der Waals surface area (Å²) in [5.74, 6) is -0.575. The molecule has 0 aliphatic heterocycles. The van der Waals surface area contributed by atoms with Gasteiger partial charge in [0.15, 0.2) is 17.3 Å². The number of rotatable bonds is 3. The standard InChI is InChI=1S/C18H19FO2/c1-18(2,3)14-8-6-5-7-13(14)17(20)12-9-10-16(21-4)15(19)11-12/h5-11H,1-4H3. The summed E-state index contributed by atoms with van der Waals surface area (Å²) >= 11 is 0. The van der Waals surface area contributed by atoms with E-state index in [1.807, 2.05) is 39.0 Å². The van der Waals surface area contributed by atoms with Crippen LogP contribution < -0.4 is 4.74 Å². The van der Waals surface area contributed by atoms with Gasteiger partial charge < -0.3 is 4.74 Å². The van der Waals surface area contributed by atoms with E-state index in [-0.39, 0.29) is 16.9 Å². The van der Waals surface area contributed by atoms with Gasteiger partial charge in [0.05, 0.1) is 7.11 Å². The van der Waals surface area contributed by atoms with Gasteiger partial charge in [0, 0.05) is 11.1 Å². The highest BCUT2D eigenvalue weighted by molar-refractivity contribution is 6.10. The van der Waals surface area contributed by atoms with Crippen LogP contribution in [-0.2, 0) is 5.41 Å². The van der Waals surface area contributed by atoms with Crippen LogP contribution in [0.4, 0.5) is 4.39 Å². The number of hydrogen-bond acceptors (Lipinski definition) is 2. The van der Waals surface area contributed by atoms with Crippen LogP contribution in [0.2, 0.25) is 0 Å². The molecule has 2 aromatic carbocycles. The third-order valence-corrected chi connectivity index (χ3v) is 3.39. The second-order valence-electron chi connectivity index (χ2n) is 5.97. The first-order valence-electron chi connectivity index (χ1n) is 6.82. The largest absolute Gasteiger partial charge is 0.494 e. The third-order valence-electron chi connectivity index (χ3n) is 3.39. The molecule has 0 bridgehead atoms. The number of benzene rings is 2. The van der Waals surface area contributed by atoms with Crippen molar-refractivity contribution in [3.8, 4) is 5.75 Å². The molecular formula is C18H19FO2. The molecule has 0 saturated carbocycles. The Morgan fingerprint density at radius 1 is 1.10 bits per heavy atom. The van der Waals surface area contributed by atoms with Crippen molar-refractivity contribution in [2.45, 2.75) is 26.2 Å². The molecule has 0 heterocycles. The molecule has 0 fully saturated rings. The van der Waals surface area contributed by atoms with Gasteiger partial charge in [-0.2, -0.15) is 0 Å². The summed E-state index contributed by atoms with van der Waals surface area (Å²) in [4.78, 5) is 12.7. The lowest BCUT2D eigenvalue weighted by Gasteiger charge is -2.22. The Balaban J connectivity index is 2.48. The number of methoxy groups -OCH3 is 1. The summed E-state index contributed by atoms with van der Waals surface area (Å²) in [5, 5.41) is 0. The van der Waals surface area contributed by atoms with Gasteiger partial charge >= 0.3 is 0 Å². The van der Waals surface area contributed by atoms with E-state index < -0.39 is 5.82 Å². The van der Waals surface area contributed by atoms with Crippen LogP contribution in [0.5, 0.6) is 5.75 Å². The van der Waals surface area contributed by atoms with Crippen molar-refractivity contribution in [1.82, 2.24) is 0 Å². The highest BCUT2D eigenvalue weighted by Crippen LogP contribution is 2.28. The van der Waals surface area contributed by atoms with Gasteiger partial charge in [-0.1, -0.05) is 45.0 Å². The minimum atomic E-state index is -0.531. The minimum Gasteiger partial charge on any atom is -0.494 e. The number of carbonyl (C=O) groups excluding carboxylic acids is 1. The van der Waals surface area contributed by atoms with Gasteiger partial charge in [0.25, 0.3) is 0 Å². The molecule has 0 N–H and O–H groups in total. The first-order chi connectivity index (χ1) is 9.84. The maximum absolute atomic E-state index is 13.8. The lowest BCUT2D eigenvalue weighted by molar-refractivity contribution is 0.103. The van der Waals surface area contributed by atoms with Gasteiger partial charge in [-0.05, 0) is 29.2 Å². The molecule has 0 aliphatic rings. The predicted molar refractivity (Wildman–Crippen MR) is 81.5 cm³/mol. The summed E-state index contributed by atoms with van der Waals surface area (Å²) < 4.78 is 18.7. The molecule has 0 saturated heterocycles. The van der Waals surface area contributed by atoms with E-state index >= 15 is 0 Å². The van der Waals surface area contributed by atoms with Gasteiger partial charge in [0.1, 0.15) is 0 Å². The Bertz CT molecular complexity index is 669. The van der Waals surface area contributed by atoms with Crippen molar-refractivity contribution in [3.63, 3.8) is 0 Å². The molecule has 110 valence electrons. The summed E-state index contributed by atoms with van der Waals surface area (Å²) in [6, 6.07) is 11.7. The average molecular weight is 286 g/mol. The van der Waals surface area contributed by atoms with Gasteiger partial charge in [-0.15, -0.1) is 0 Å². The van der Waals surface area contributed by atoms with Crippen molar-refractivity contribution in [2.24, 2.45) is 0 Å². The highest BCUT2D eigenvalue weighted by atomic mass is 19.1. The molecule has 0 unspecified atom stereocenters. The zero-order valence-electron chi connectivity index (χ0n) is 12.7. The Morgan fingerprint density at radius 3 is 2.33 bits per heavy atom. The fraction of sp³-hybridized carbons (Fsp3) is 0.278. The smallest absolute Gasteiger partial charge is 0.193 e. The van der Waals surface area contributed by atoms with Crippen LogP contribution in [0.1, 0.15) is 42.3 Å². The van der Waals surface area contributed by atoms with Crippen molar-refractivity contribution >= 4 is 5.78 Å². The molecular weight excluding hydrogens is 267 g/mol. The first-order valence-corrected chi connectivity index (χ1v) is 6.82. The van der Waals surface area contributed by atoms with E-state index in [0.717, 1.165) is 5.56 Å². The van der Waals surface area contributed by atoms with E-state index in [4.69, 9.17) is 4.74 Å². The zero-order valence-corrected chi connectivity index (χ0v) is 12.7. The summed E-state index contributed by atoms with van der Waals surface area (Å²) in [6.07, 6.45) is 0. The van der Waals surface area contributed by atoms with E-state index in [2.05, 4.69) is 0 Å². The molecule has 0 spiro atoms. The normalized spacial score (nSPS) is 11.3. The molecule has 0 amide bonds. The summed E-state index contributed by atoms with van der Waals surface area (Å²) in [7, 11) is 1.40. The maximum Gasteiger partial charge on any atom is 0.193 e. The molecule has 21 heavy (non-hydrogen) atoms. The SMILES string of the molecule is COc1ccc(C(=O)c2ccccc2C(C)(C)C)cc1F. The van der Waals surface area contributed by atoms with Gasteiger partial charge in [0.2, 0.25) is 0 Å². The molecule has 2 nitrogen and oxygen atoms in total. The third kappa shape index (κ3) is 3.13. The van der Waals surface area contributed by atoms with E-state index in [1.54, 1.807) is 12.1 Å². The molecule has 3 heteroatoms. The number of ketones is 1. The maximum atomic E-state index is 13.8. The molecule has 0 radical (unpaired) electrons. The van der Waals surface area contributed by atoms with Crippen LogP contribution in [0, 0.1) is 5.82 Å². The van der Waals surface area contributed by atoms with E-state index in [1.165, 1.54) is 19.2 Å². The van der Waals surface area contributed by atoms with E-state index in [0.29, 0.717) is 11.1 Å². The lowest BCUT2D eigenvalue weighted by Crippen LogP contribution is -2.17. The quantitative estimate of drug-likeness (QED) is 0.783. The van der Waals surface area contributed by atoms with Crippen LogP contribution in [0.3, 0.4) is 0 Å². The van der Waals surface area contributed by atoms with Crippen LogP contribution in [0.25, 0.3) is 0 Å². The number of hydrogen-bond donors (Lipinski definition) is 0. The lowest BCUT2D eigenvalue weighted by atomic mass is 9.82. The summed E-state index contributed by atoms with van der Waals surface area (Å²) in [5.41, 5.74) is 1.72. The van der Waals surface area contributed by atoms with Crippen molar-refractivity contribution in [3.05, 3.63) is 65.0 Å². The second kappa shape index (κ2) is 5.68. The topological polar surface area (TPSA) is 26.3 Å².